The average molecular weight is 200 g/mol. The van der Waals surface area contributed by atoms with Gasteiger partial charge in [-0.05, 0) is 11.6 Å². The fourth-order valence-electron chi connectivity index (χ4n) is 1.08. The van der Waals surface area contributed by atoms with Crippen LogP contribution in [0.5, 0.6) is 0 Å². The van der Waals surface area contributed by atoms with Gasteiger partial charge < -0.3 is 25.6 Å². The van der Waals surface area contributed by atoms with Crippen molar-refractivity contribution in [1.82, 2.24) is 10.3 Å². The largest absolute Gasteiger partial charge is 0.394 e. The van der Waals surface area contributed by atoms with Gasteiger partial charge in [-0.2, -0.15) is 0 Å². The molecule has 0 radical (unpaired) electrons. The molecule has 1 aromatic heterocycles. The van der Waals surface area contributed by atoms with E-state index in [1.54, 1.807) is 6.20 Å². The van der Waals surface area contributed by atoms with Crippen molar-refractivity contribution in [2.24, 2.45) is 0 Å². The SMILES string of the molecule is OCC(CO)(CO)NCc1cc[nH]c1. The van der Waals surface area contributed by atoms with Crippen molar-refractivity contribution in [2.75, 3.05) is 19.8 Å². The highest BCUT2D eigenvalue weighted by molar-refractivity contribution is 5.08. The molecule has 5 heteroatoms. The lowest BCUT2D eigenvalue weighted by Crippen LogP contribution is -2.54. The van der Waals surface area contributed by atoms with Crippen LogP contribution in [-0.2, 0) is 6.54 Å². The van der Waals surface area contributed by atoms with E-state index in [9.17, 15) is 0 Å². The summed E-state index contributed by atoms with van der Waals surface area (Å²) in [5.41, 5.74) is 0.00167. The second kappa shape index (κ2) is 5.11. The second-order valence-electron chi connectivity index (χ2n) is 3.33. The molecule has 1 aromatic rings. The van der Waals surface area contributed by atoms with Crippen LogP contribution in [0.2, 0.25) is 0 Å². The van der Waals surface area contributed by atoms with E-state index in [1.165, 1.54) is 0 Å². The summed E-state index contributed by atoms with van der Waals surface area (Å²) in [6.07, 6.45) is 3.60. The number of hydrogen-bond acceptors (Lipinski definition) is 4. The Morgan fingerprint density at radius 1 is 1.21 bits per heavy atom. The van der Waals surface area contributed by atoms with E-state index in [1.807, 2.05) is 12.3 Å². The third kappa shape index (κ3) is 2.55. The van der Waals surface area contributed by atoms with Crippen molar-refractivity contribution in [3.63, 3.8) is 0 Å². The Balaban J connectivity index is 2.48. The van der Waals surface area contributed by atoms with Gasteiger partial charge in [0.25, 0.3) is 0 Å². The minimum atomic E-state index is -1.00. The maximum atomic E-state index is 9.01. The van der Waals surface area contributed by atoms with Gasteiger partial charge in [0.1, 0.15) is 0 Å². The zero-order valence-electron chi connectivity index (χ0n) is 7.90. The maximum Gasteiger partial charge on any atom is 0.0884 e. The molecule has 1 heterocycles. The van der Waals surface area contributed by atoms with Crippen LogP contribution in [-0.4, -0.2) is 45.7 Å². The van der Waals surface area contributed by atoms with Gasteiger partial charge in [0.2, 0.25) is 0 Å². The number of rotatable bonds is 6. The lowest BCUT2D eigenvalue weighted by atomic mass is 10.0. The van der Waals surface area contributed by atoms with Crippen molar-refractivity contribution in [3.05, 3.63) is 24.0 Å². The van der Waals surface area contributed by atoms with E-state index >= 15 is 0 Å². The standard InChI is InChI=1S/C9H16N2O3/c12-5-9(6-13,7-14)11-4-8-1-2-10-3-8/h1-3,10-14H,4-7H2. The summed E-state index contributed by atoms with van der Waals surface area (Å²) in [6, 6.07) is 1.88. The van der Waals surface area contributed by atoms with Crippen molar-refractivity contribution >= 4 is 0 Å². The quantitative estimate of drug-likeness (QED) is 0.400. The van der Waals surface area contributed by atoms with Gasteiger partial charge in [-0.1, -0.05) is 0 Å². The monoisotopic (exact) mass is 200 g/mol. The minimum Gasteiger partial charge on any atom is -0.394 e. The molecule has 0 saturated carbocycles. The first-order chi connectivity index (χ1) is 6.76. The van der Waals surface area contributed by atoms with Crippen LogP contribution in [0, 0.1) is 0 Å². The van der Waals surface area contributed by atoms with Gasteiger partial charge >= 0.3 is 0 Å². The van der Waals surface area contributed by atoms with Gasteiger partial charge in [0.05, 0.1) is 25.4 Å². The third-order valence-corrected chi connectivity index (χ3v) is 2.24. The zero-order chi connectivity index (χ0) is 10.4. The Kier molecular flexibility index (Phi) is 4.09. The molecule has 0 aliphatic carbocycles. The summed E-state index contributed by atoms with van der Waals surface area (Å²) in [7, 11) is 0. The Bertz CT molecular complexity index is 236. The summed E-state index contributed by atoms with van der Waals surface area (Å²) in [6.45, 7) is -0.412. The van der Waals surface area contributed by atoms with Crippen LogP contribution in [0.3, 0.4) is 0 Å². The highest BCUT2D eigenvalue weighted by Crippen LogP contribution is 2.04. The molecule has 0 spiro atoms. The molecule has 0 aliphatic rings. The second-order valence-corrected chi connectivity index (χ2v) is 3.33. The number of aliphatic hydroxyl groups excluding tert-OH is 3. The minimum absolute atomic E-state index is 0.301. The predicted octanol–water partition coefficient (Wildman–Crippen LogP) is -1.18. The van der Waals surface area contributed by atoms with E-state index in [4.69, 9.17) is 15.3 Å². The van der Waals surface area contributed by atoms with E-state index < -0.39 is 5.54 Å². The molecular weight excluding hydrogens is 184 g/mol. The van der Waals surface area contributed by atoms with Crippen molar-refractivity contribution in [2.45, 2.75) is 12.1 Å². The first kappa shape index (κ1) is 11.2. The summed E-state index contributed by atoms with van der Waals surface area (Å²) < 4.78 is 0. The van der Waals surface area contributed by atoms with Gasteiger partial charge in [-0.25, -0.2) is 0 Å². The Morgan fingerprint density at radius 3 is 2.29 bits per heavy atom. The summed E-state index contributed by atoms with van der Waals surface area (Å²) in [5, 5.41) is 30.0. The highest BCUT2D eigenvalue weighted by Gasteiger charge is 2.26. The summed E-state index contributed by atoms with van der Waals surface area (Å²) in [4.78, 5) is 2.89. The topological polar surface area (TPSA) is 88.5 Å². The fraction of sp³-hybridized carbons (Fsp3) is 0.556. The smallest absolute Gasteiger partial charge is 0.0884 e. The van der Waals surface area contributed by atoms with Crippen LogP contribution in [0.25, 0.3) is 0 Å². The molecule has 1 rings (SSSR count). The molecule has 5 nitrogen and oxygen atoms in total. The molecule has 0 bridgehead atoms. The van der Waals surface area contributed by atoms with Gasteiger partial charge in [0.15, 0.2) is 0 Å². The lowest BCUT2D eigenvalue weighted by Gasteiger charge is -2.28. The number of aromatic nitrogens is 1. The molecule has 80 valence electrons. The maximum absolute atomic E-state index is 9.01. The molecule has 14 heavy (non-hydrogen) atoms. The molecule has 0 saturated heterocycles. The molecular formula is C9H16N2O3. The number of H-pyrrole nitrogens is 1. The normalized spacial score (nSPS) is 11.9. The molecule has 5 N–H and O–H groups in total. The summed E-state index contributed by atoms with van der Waals surface area (Å²) >= 11 is 0. The highest BCUT2D eigenvalue weighted by atomic mass is 16.3. The van der Waals surface area contributed by atoms with E-state index in [0.717, 1.165) is 5.56 Å². The van der Waals surface area contributed by atoms with Gasteiger partial charge in [-0.15, -0.1) is 0 Å². The molecule has 0 atom stereocenters. The average Bonchev–Trinajstić information content (AvgIpc) is 2.74. The Hall–Kier alpha value is -0.880. The van der Waals surface area contributed by atoms with E-state index in [-0.39, 0.29) is 19.8 Å². The fourth-order valence-corrected chi connectivity index (χ4v) is 1.08. The van der Waals surface area contributed by atoms with Crippen LogP contribution < -0.4 is 5.32 Å². The third-order valence-electron chi connectivity index (χ3n) is 2.24. The molecule has 0 fully saturated rings. The van der Waals surface area contributed by atoms with Crippen molar-refractivity contribution in [3.8, 4) is 0 Å². The van der Waals surface area contributed by atoms with Crippen LogP contribution in [0.15, 0.2) is 18.5 Å². The molecule has 0 aromatic carbocycles. The Labute approximate surface area is 82.4 Å². The first-order valence-electron chi connectivity index (χ1n) is 4.45. The van der Waals surface area contributed by atoms with E-state index in [0.29, 0.717) is 6.54 Å². The molecule has 0 unspecified atom stereocenters. The van der Waals surface area contributed by atoms with E-state index in [2.05, 4.69) is 10.3 Å². The predicted molar refractivity (Wildman–Crippen MR) is 51.6 cm³/mol. The zero-order valence-corrected chi connectivity index (χ0v) is 7.90. The lowest BCUT2D eigenvalue weighted by molar-refractivity contribution is 0.0414. The van der Waals surface area contributed by atoms with Gasteiger partial charge in [-0.3, -0.25) is 0 Å². The summed E-state index contributed by atoms with van der Waals surface area (Å²) in [5.74, 6) is 0. The number of nitrogens with one attached hydrogen (secondary N) is 2. The molecule has 0 aliphatic heterocycles. The van der Waals surface area contributed by atoms with Gasteiger partial charge in [0, 0.05) is 18.9 Å². The van der Waals surface area contributed by atoms with Crippen LogP contribution in [0.4, 0.5) is 0 Å². The van der Waals surface area contributed by atoms with Crippen molar-refractivity contribution < 1.29 is 15.3 Å². The molecule has 0 amide bonds. The Morgan fingerprint density at radius 2 is 1.86 bits per heavy atom. The van der Waals surface area contributed by atoms with Crippen LogP contribution >= 0.6 is 0 Å². The number of aromatic amines is 1. The van der Waals surface area contributed by atoms with Crippen LogP contribution in [0.1, 0.15) is 5.56 Å². The first-order valence-corrected chi connectivity index (χ1v) is 4.45. The number of aliphatic hydroxyl groups is 3. The number of hydrogen-bond donors (Lipinski definition) is 5. The van der Waals surface area contributed by atoms with Crippen molar-refractivity contribution in [1.29, 1.82) is 0 Å².